The van der Waals surface area contributed by atoms with Gasteiger partial charge in [0.05, 0.1) is 10.0 Å². The van der Waals surface area contributed by atoms with Crippen LogP contribution < -0.4 is 5.32 Å². The van der Waals surface area contributed by atoms with E-state index in [9.17, 15) is 0 Å². The summed E-state index contributed by atoms with van der Waals surface area (Å²) in [5, 5.41) is 4.66. The van der Waals surface area contributed by atoms with Gasteiger partial charge in [0.1, 0.15) is 6.29 Å². The van der Waals surface area contributed by atoms with Crippen molar-refractivity contribution >= 4 is 29.5 Å². The van der Waals surface area contributed by atoms with Crippen molar-refractivity contribution < 1.29 is 4.79 Å². The number of benzene rings is 1. The van der Waals surface area contributed by atoms with E-state index in [4.69, 9.17) is 28.0 Å². The van der Waals surface area contributed by atoms with Gasteiger partial charge in [0, 0.05) is 0 Å². The van der Waals surface area contributed by atoms with Crippen LogP contribution in [-0.4, -0.2) is 19.4 Å². The molecule has 0 saturated heterocycles. The lowest BCUT2D eigenvalue weighted by atomic mass is 10.0. The molecule has 22 heavy (non-hydrogen) atoms. The van der Waals surface area contributed by atoms with Crippen molar-refractivity contribution in [2.24, 2.45) is 5.92 Å². The molecule has 2 nitrogen and oxygen atoms in total. The molecule has 0 saturated carbocycles. The summed E-state index contributed by atoms with van der Waals surface area (Å²) in [7, 11) is 0. The second kappa shape index (κ2) is 18.5. The number of unbranched alkanes of at least 4 members (excludes halogenated alkanes) is 1. The molecule has 1 N–H and O–H groups in total. The van der Waals surface area contributed by atoms with Gasteiger partial charge in [-0.05, 0) is 50.9 Å². The van der Waals surface area contributed by atoms with Crippen molar-refractivity contribution in [3.63, 3.8) is 0 Å². The minimum absolute atomic E-state index is 0.606. The third kappa shape index (κ3) is 17.5. The number of halogens is 2. The van der Waals surface area contributed by atoms with Crippen LogP contribution in [0.25, 0.3) is 0 Å². The lowest BCUT2D eigenvalue weighted by molar-refractivity contribution is -0.106. The molecular formula is C18H31Cl2NO. The summed E-state index contributed by atoms with van der Waals surface area (Å²) in [5.74, 6) is 0.862. The average Bonchev–Trinajstić information content (AvgIpc) is 2.50. The lowest BCUT2D eigenvalue weighted by Gasteiger charge is -2.10. The highest BCUT2D eigenvalue weighted by Gasteiger charge is 1.98. The molecule has 1 aromatic rings. The number of hydrogen-bond acceptors (Lipinski definition) is 2. The SMILES string of the molecule is CC=O.CCCCC(C)CNCCC.Clc1ccccc1Cl. The van der Waals surface area contributed by atoms with E-state index in [-0.39, 0.29) is 0 Å². The van der Waals surface area contributed by atoms with Gasteiger partial charge in [-0.2, -0.15) is 0 Å². The predicted molar refractivity (Wildman–Crippen MR) is 100 cm³/mol. The zero-order valence-corrected chi connectivity index (χ0v) is 15.9. The van der Waals surface area contributed by atoms with Crippen LogP contribution in [0.5, 0.6) is 0 Å². The van der Waals surface area contributed by atoms with Crippen LogP contribution >= 0.6 is 23.2 Å². The van der Waals surface area contributed by atoms with E-state index in [1.54, 1.807) is 12.1 Å². The minimum atomic E-state index is 0.606. The molecule has 1 unspecified atom stereocenters. The van der Waals surface area contributed by atoms with Gasteiger partial charge in [0.15, 0.2) is 0 Å². The Morgan fingerprint density at radius 2 is 1.64 bits per heavy atom. The summed E-state index contributed by atoms with van der Waals surface area (Å²) in [6.07, 6.45) is 6.10. The summed E-state index contributed by atoms with van der Waals surface area (Å²) in [6, 6.07) is 7.19. The normalized spacial score (nSPS) is 10.6. The molecule has 0 radical (unpaired) electrons. The fourth-order valence-electron chi connectivity index (χ4n) is 1.62. The van der Waals surface area contributed by atoms with Gasteiger partial charge in [-0.1, -0.05) is 68.9 Å². The van der Waals surface area contributed by atoms with E-state index in [2.05, 4.69) is 26.1 Å². The maximum atomic E-state index is 8.81. The summed E-state index contributed by atoms with van der Waals surface area (Å²) in [4.78, 5) is 8.81. The molecule has 4 heteroatoms. The molecule has 1 aromatic carbocycles. The van der Waals surface area contributed by atoms with Gasteiger partial charge in [-0.3, -0.25) is 0 Å². The molecule has 0 aliphatic heterocycles. The second-order valence-corrected chi connectivity index (χ2v) is 5.92. The number of carbonyl (C=O) groups excluding carboxylic acids is 1. The molecule has 0 heterocycles. The Hall–Kier alpha value is -0.570. The van der Waals surface area contributed by atoms with Crippen molar-refractivity contribution in [1.82, 2.24) is 5.32 Å². The van der Waals surface area contributed by atoms with Crippen LogP contribution in [0.3, 0.4) is 0 Å². The average molecular weight is 348 g/mol. The van der Waals surface area contributed by atoms with E-state index in [1.807, 2.05) is 12.1 Å². The molecule has 128 valence electrons. The quantitative estimate of drug-likeness (QED) is 0.483. The molecular weight excluding hydrogens is 317 g/mol. The third-order valence-corrected chi connectivity index (χ3v) is 3.55. The first-order valence-corrected chi connectivity index (χ1v) is 8.79. The highest BCUT2D eigenvalue weighted by Crippen LogP contribution is 2.19. The molecule has 1 atom stereocenters. The van der Waals surface area contributed by atoms with Crippen LogP contribution in [0.15, 0.2) is 24.3 Å². The maximum absolute atomic E-state index is 8.81. The first kappa shape index (κ1) is 23.7. The van der Waals surface area contributed by atoms with Crippen LogP contribution in [0.1, 0.15) is 53.4 Å². The number of aldehydes is 1. The van der Waals surface area contributed by atoms with Crippen LogP contribution in [0, 0.1) is 5.92 Å². The molecule has 0 bridgehead atoms. The maximum Gasteiger partial charge on any atom is 0.116 e. The van der Waals surface area contributed by atoms with Gasteiger partial charge in [-0.25, -0.2) is 0 Å². The molecule has 0 aromatic heterocycles. The molecule has 0 amide bonds. The largest absolute Gasteiger partial charge is 0.316 e. The van der Waals surface area contributed by atoms with Crippen molar-refractivity contribution in [3.8, 4) is 0 Å². The predicted octanol–water partition coefficient (Wildman–Crippen LogP) is 6.01. The highest BCUT2D eigenvalue weighted by atomic mass is 35.5. The third-order valence-electron chi connectivity index (χ3n) is 2.79. The zero-order chi connectivity index (χ0) is 17.2. The summed E-state index contributed by atoms with van der Waals surface area (Å²) in [5.41, 5.74) is 0. The Balaban J connectivity index is 0. The van der Waals surface area contributed by atoms with Crippen molar-refractivity contribution in [2.45, 2.75) is 53.4 Å². The fourth-order valence-corrected chi connectivity index (χ4v) is 1.89. The highest BCUT2D eigenvalue weighted by molar-refractivity contribution is 6.41. The Labute approximate surface area is 146 Å². The molecule has 0 fully saturated rings. The van der Waals surface area contributed by atoms with Crippen molar-refractivity contribution in [2.75, 3.05) is 13.1 Å². The van der Waals surface area contributed by atoms with Crippen molar-refractivity contribution in [3.05, 3.63) is 34.3 Å². The Bertz CT molecular complexity index is 338. The van der Waals surface area contributed by atoms with E-state index in [0.717, 1.165) is 12.2 Å². The number of nitrogens with one attached hydrogen (secondary N) is 1. The zero-order valence-electron chi connectivity index (χ0n) is 14.4. The molecule has 1 rings (SSSR count). The molecule has 0 spiro atoms. The first-order chi connectivity index (χ1) is 10.5. The summed E-state index contributed by atoms with van der Waals surface area (Å²) in [6.45, 7) is 10.6. The molecule has 0 aliphatic carbocycles. The van der Waals surface area contributed by atoms with Gasteiger partial charge in [0.25, 0.3) is 0 Å². The number of hydrogen-bond donors (Lipinski definition) is 1. The van der Waals surface area contributed by atoms with Crippen LogP contribution in [-0.2, 0) is 4.79 Å². The van der Waals surface area contributed by atoms with Crippen LogP contribution in [0.2, 0.25) is 10.0 Å². The van der Waals surface area contributed by atoms with E-state index >= 15 is 0 Å². The van der Waals surface area contributed by atoms with Gasteiger partial charge in [-0.15, -0.1) is 0 Å². The van der Waals surface area contributed by atoms with E-state index in [0.29, 0.717) is 10.0 Å². The smallest absolute Gasteiger partial charge is 0.116 e. The first-order valence-electron chi connectivity index (χ1n) is 8.03. The number of carbonyl (C=O) groups is 1. The minimum Gasteiger partial charge on any atom is -0.316 e. The summed E-state index contributed by atoms with van der Waals surface area (Å²) < 4.78 is 0. The Kier molecular flexibility index (Phi) is 19.9. The Morgan fingerprint density at radius 1 is 1.14 bits per heavy atom. The number of rotatable bonds is 7. The van der Waals surface area contributed by atoms with E-state index < -0.39 is 0 Å². The van der Waals surface area contributed by atoms with Crippen LogP contribution in [0.4, 0.5) is 0 Å². The van der Waals surface area contributed by atoms with Crippen molar-refractivity contribution in [1.29, 1.82) is 0 Å². The molecule has 0 aliphatic rings. The van der Waals surface area contributed by atoms with Gasteiger partial charge >= 0.3 is 0 Å². The van der Waals surface area contributed by atoms with Gasteiger partial charge < -0.3 is 10.1 Å². The lowest BCUT2D eigenvalue weighted by Crippen LogP contribution is -2.21. The summed E-state index contributed by atoms with van der Waals surface area (Å²) >= 11 is 11.2. The standard InChI is InChI=1S/C10H23N.C6H4Cl2.C2H4O/c1-4-6-7-10(3)9-11-8-5-2;7-5-3-1-2-4-6(5)8;1-2-3/h10-11H,4-9H2,1-3H3;1-4H;2H,1H3. The fraction of sp³-hybridized carbons (Fsp3) is 0.611. The Morgan fingerprint density at radius 3 is 2.00 bits per heavy atom. The monoisotopic (exact) mass is 347 g/mol. The van der Waals surface area contributed by atoms with E-state index in [1.165, 1.54) is 45.7 Å². The topological polar surface area (TPSA) is 29.1 Å². The second-order valence-electron chi connectivity index (χ2n) is 5.10. The van der Waals surface area contributed by atoms with Gasteiger partial charge in [0.2, 0.25) is 0 Å².